The Kier molecular flexibility index (Phi) is 4.59. The van der Waals surface area contributed by atoms with Crippen molar-refractivity contribution in [2.45, 2.75) is 13.0 Å². The van der Waals surface area contributed by atoms with Crippen molar-refractivity contribution in [2.24, 2.45) is 0 Å². The van der Waals surface area contributed by atoms with E-state index >= 15 is 0 Å². The van der Waals surface area contributed by atoms with E-state index in [2.05, 4.69) is 30.2 Å². The Morgan fingerprint density at radius 2 is 1.84 bits per heavy atom. The topological polar surface area (TPSA) is 75.5 Å². The van der Waals surface area contributed by atoms with Crippen LogP contribution in [0.1, 0.15) is 11.3 Å². The maximum absolute atomic E-state index is 6.18. The number of rotatable bonds is 3. The Labute approximate surface area is 193 Å². The van der Waals surface area contributed by atoms with E-state index in [9.17, 15) is 0 Å². The first-order chi connectivity index (χ1) is 15.7. The van der Waals surface area contributed by atoms with Crippen LogP contribution in [0.5, 0.6) is 0 Å². The molecule has 0 radical (unpaired) electrons. The quantitative estimate of drug-likeness (QED) is 0.405. The zero-order chi connectivity index (χ0) is 21.7. The number of benzene rings is 2. The van der Waals surface area contributed by atoms with E-state index in [-0.39, 0.29) is 0 Å². The molecular weight excluding hydrogens is 445 g/mol. The number of H-pyrrole nitrogens is 1. The molecule has 0 saturated heterocycles. The monoisotopic (exact) mass is 461 g/mol. The Hall–Kier alpha value is -3.42. The van der Waals surface area contributed by atoms with Gasteiger partial charge in [-0.1, -0.05) is 41.4 Å². The number of halogens is 2. The molecule has 7 nitrogen and oxygen atoms in total. The first kappa shape index (κ1) is 19.3. The summed E-state index contributed by atoms with van der Waals surface area (Å²) in [6.07, 6.45) is 4.26. The van der Waals surface area contributed by atoms with Gasteiger partial charge in [0.2, 0.25) is 0 Å². The van der Waals surface area contributed by atoms with Crippen LogP contribution >= 0.6 is 23.2 Å². The van der Waals surface area contributed by atoms with Gasteiger partial charge in [0.15, 0.2) is 5.65 Å². The standard InChI is InChI=1S/C23H17Cl2N7/c24-15-6-4-14(5-7-15)21-19-12-31(9-8-20(19)29-30-21)22-18-11-28-32(23(18)27-13-26-22)17-3-1-2-16(25)10-17/h1-7,10-11,13H,8-9,12H2,(H,29,30). The van der Waals surface area contributed by atoms with E-state index in [1.165, 1.54) is 5.56 Å². The second kappa shape index (κ2) is 7.62. The first-order valence-electron chi connectivity index (χ1n) is 10.2. The Morgan fingerprint density at radius 1 is 0.969 bits per heavy atom. The largest absolute Gasteiger partial charge is 0.351 e. The van der Waals surface area contributed by atoms with Gasteiger partial charge in [0.05, 0.1) is 23.0 Å². The fraction of sp³-hybridized carbons (Fsp3) is 0.130. The number of nitrogens with one attached hydrogen (secondary N) is 1. The molecule has 158 valence electrons. The van der Waals surface area contributed by atoms with Gasteiger partial charge < -0.3 is 4.90 Å². The minimum absolute atomic E-state index is 0.652. The molecule has 1 aliphatic heterocycles. The Bertz CT molecular complexity index is 1440. The zero-order valence-corrected chi connectivity index (χ0v) is 18.3. The lowest BCUT2D eigenvalue weighted by atomic mass is 10.0. The molecule has 0 saturated carbocycles. The van der Waals surface area contributed by atoms with E-state index in [1.54, 1.807) is 11.0 Å². The van der Waals surface area contributed by atoms with Crippen molar-refractivity contribution >= 4 is 40.1 Å². The average molecular weight is 462 g/mol. The minimum Gasteiger partial charge on any atom is -0.351 e. The van der Waals surface area contributed by atoms with E-state index in [1.807, 2.05) is 54.7 Å². The minimum atomic E-state index is 0.652. The molecule has 0 aliphatic carbocycles. The van der Waals surface area contributed by atoms with Crippen LogP contribution in [0, 0.1) is 0 Å². The van der Waals surface area contributed by atoms with Crippen molar-refractivity contribution < 1.29 is 0 Å². The summed E-state index contributed by atoms with van der Waals surface area (Å²) in [4.78, 5) is 11.4. The predicted octanol–water partition coefficient (Wildman–Crippen LogP) is 5.08. The van der Waals surface area contributed by atoms with Crippen molar-refractivity contribution in [1.29, 1.82) is 0 Å². The van der Waals surface area contributed by atoms with Gasteiger partial charge in [-0.25, -0.2) is 14.6 Å². The molecule has 32 heavy (non-hydrogen) atoms. The normalized spacial score (nSPS) is 13.5. The smallest absolute Gasteiger partial charge is 0.168 e. The van der Waals surface area contributed by atoms with Crippen molar-refractivity contribution in [3.63, 3.8) is 0 Å². The van der Waals surface area contributed by atoms with Crippen molar-refractivity contribution in [2.75, 3.05) is 11.4 Å². The van der Waals surface area contributed by atoms with E-state index in [4.69, 9.17) is 23.2 Å². The molecule has 2 aromatic carbocycles. The molecule has 1 aliphatic rings. The molecule has 9 heteroatoms. The van der Waals surface area contributed by atoms with Gasteiger partial charge in [-0.2, -0.15) is 10.2 Å². The lowest BCUT2D eigenvalue weighted by Gasteiger charge is -2.28. The summed E-state index contributed by atoms with van der Waals surface area (Å²) in [6.45, 7) is 1.52. The van der Waals surface area contributed by atoms with Crippen LogP contribution in [0.3, 0.4) is 0 Å². The van der Waals surface area contributed by atoms with Gasteiger partial charge >= 0.3 is 0 Å². The fourth-order valence-corrected chi connectivity index (χ4v) is 4.51. The molecule has 5 aromatic rings. The SMILES string of the molecule is Clc1ccc(-c2n[nH]c3c2CN(c2ncnc4c2cnn4-c2cccc(Cl)c2)CC3)cc1. The molecule has 1 N–H and O–H groups in total. The molecule has 0 amide bonds. The van der Waals surface area contributed by atoms with Gasteiger partial charge in [0, 0.05) is 46.4 Å². The third-order valence-corrected chi connectivity index (χ3v) is 6.24. The summed E-state index contributed by atoms with van der Waals surface area (Å²) >= 11 is 12.2. The molecule has 3 aromatic heterocycles. The van der Waals surface area contributed by atoms with Crippen LogP contribution in [-0.4, -0.2) is 36.5 Å². The van der Waals surface area contributed by atoms with Crippen LogP contribution < -0.4 is 4.90 Å². The number of anilines is 1. The van der Waals surface area contributed by atoms with Crippen molar-refractivity contribution in [1.82, 2.24) is 29.9 Å². The summed E-state index contributed by atoms with van der Waals surface area (Å²) in [5.41, 5.74) is 5.92. The molecule has 0 spiro atoms. The van der Waals surface area contributed by atoms with Crippen LogP contribution in [-0.2, 0) is 13.0 Å². The lowest BCUT2D eigenvalue weighted by molar-refractivity contribution is 0.713. The third kappa shape index (κ3) is 3.21. The van der Waals surface area contributed by atoms with Gasteiger partial charge in [-0.3, -0.25) is 5.10 Å². The van der Waals surface area contributed by atoms with Crippen LogP contribution in [0.4, 0.5) is 5.82 Å². The van der Waals surface area contributed by atoms with Gasteiger partial charge in [-0.05, 0) is 30.3 Å². The second-order valence-corrected chi connectivity index (χ2v) is 8.55. The second-order valence-electron chi connectivity index (χ2n) is 7.68. The van der Waals surface area contributed by atoms with Crippen LogP contribution in [0.15, 0.2) is 61.1 Å². The zero-order valence-electron chi connectivity index (χ0n) is 16.8. The molecule has 0 atom stereocenters. The predicted molar refractivity (Wildman–Crippen MR) is 125 cm³/mol. The van der Waals surface area contributed by atoms with E-state index in [0.717, 1.165) is 52.5 Å². The number of hydrogen-bond acceptors (Lipinski definition) is 5. The Balaban J connectivity index is 1.39. The number of fused-ring (bicyclic) bond motifs is 2. The summed E-state index contributed by atoms with van der Waals surface area (Å²) in [6, 6.07) is 15.3. The van der Waals surface area contributed by atoms with E-state index < -0.39 is 0 Å². The van der Waals surface area contributed by atoms with Crippen molar-refractivity contribution in [3.8, 4) is 16.9 Å². The number of aromatic nitrogens is 6. The highest BCUT2D eigenvalue weighted by Gasteiger charge is 2.25. The maximum Gasteiger partial charge on any atom is 0.168 e. The number of nitrogens with zero attached hydrogens (tertiary/aromatic N) is 6. The van der Waals surface area contributed by atoms with Gasteiger partial charge in [0.25, 0.3) is 0 Å². The lowest BCUT2D eigenvalue weighted by Crippen LogP contribution is -2.31. The summed E-state index contributed by atoms with van der Waals surface area (Å²) < 4.78 is 1.79. The average Bonchev–Trinajstić information content (AvgIpc) is 3.43. The van der Waals surface area contributed by atoms with Crippen LogP contribution in [0.25, 0.3) is 28.0 Å². The molecular formula is C23H17Cl2N7. The van der Waals surface area contributed by atoms with Crippen LogP contribution in [0.2, 0.25) is 10.0 Å². The molecule has 0 unspecified atom stereocenters. The summed E-state index contributed by atoms with van der Waals surface area (Å²) in [5.74, 6) is 0.859. The van der Waals surface area contributed by atoms with E-state index in [0.29, 0.717) is 16.6 Å². The highest BCUT2D eigenvalue weighted by atomic mass is 35.5. The highest BCUT2D eigenvalue weighted by Crippen LogP contribution is 2.33. The highest BCUT2D eigenvalue weighted by molar-refractivity contribution is 6.31. The number of hydrogen-bond donors (Lipinski definition) is 1. The molecule has 0 bridgehead atoms. The van der Waals surface area contributed by atoms with Gasteiger partial charge in [-0.15, -0.1) is 0 Å². The fourth-order valence-electron chi connectivity index (χ4n) is 4.20. The molecule has 0 fully saturated rings. The first-order valence-corrected chi connectivity index (χ1v) is 10.9. The Morgan fingerprint density at radius 3 is 2.69 bits per heavy atom. The number of aromatic amines is 1. The van der Waals surface area contributed by atoms with Crippen molar-refractivity contribution in [3.05, 3.63) is 82.4 Å². The molecule has 4 heterocycles. The summed E-state index contributed by atoms with van der Waals surface area (Å²) in [5, 5.41) is 14.6. The third-order valence-electron chi connectivity index (χ3n) is 5.75. The summed E-state index contributed by atoms with van der Waals surface area (Å²) in [7, 11) is 0. The maximum atomic E-state index is 6.18. The molecule has 6 rings (SSSR count). The van der Waals surface area contributed by atoms with Gasteiger partial charge in [0.1, 0.15) is 12.1 Å².